The van der Waals surface area contributed by atoms with Crippen LogP contribution in [-0.4, -0.2) is 12.0 Å². The molecule has 0 radical (unpaired) electrons. The molecule has 0 amide bonds. The molecule has 42 valence electrons. The number of nitrogens with two attached hydrogens (primary N) is 1. The van der Waals surface area contributed by atoms with Crippen molar-refractivity contribution in [3.63, 3.8) is 0 Å². The summed E-state index contributed by atoms with van der Waals surface area (Å²) < 4.78 is 0. The lowest BCUT2D eigenvalue weighted by Crippen LogP contribution is -2.31. The van der Waals surface area contributed by atoms with Crippen LogP contribution in [0.3, 0.4) is 0 Å². The van der Waals surface area contributed by atoms with Crippen LogP contribution in [0.25, 0.3) is 0 Å². The lowest BCUT2D eigenvalue weighted by molar-refractivity contribution is 0.731. The van der Waals surface area contributed by atoms with Crippen LogP contribution in [0.2, 0.25) is 0 Å². The molecule has 0 aliphatic heterocycles. The predicted octanol–water partition coefficient (Wildman–Crippen LogP) is -0.0659. The van der Waals surface area contributed by atoms with Crippen molar-refractivity contribution in [2.75, 3.05) is 6.54 Å². The summed E-state index contributed by atoms with van der Waals surface area (Å²) in [7, 11) is 0. The summed E-state index contributed by atoms with van der Waals surface area (Å²) in [5.74, 6) is 0. The molecule has 0 heterocycles. The average Bonchev–Trinajstić information content (AvgIpc) is 1.61. The maximum Gasteiger partial charge on any atom is 0.100 e. The minimum absolute atomic E-state index is 0.224. The van der Waals surface area contributed by atoms with Gasteiger partial charge >= 0.3 is 0 Å². The van der Waals surface area contributed by atoms with Crippen molar-refractivity contribution in [2.24, 2.45) is 5.73 Å². The second kappa shape index (κ2) is 4.18. The number of nitrogens with one attached hydrogen (secondary N) is 1. The van der Waals surface area contributed by atoms with E-state index in [1.165, 1.54) is 0 Å². The SMILES string of the molecule is C=CCNC(N)S. The van der Waals surface area contributed by atoms with Gasteiger partial charge in [-0.1, -0.05) is 6.08 Å². The van der Waals surface area contributed by atoms with Crippen molar-refractivity contribution in [1.82, 2.24) is 5.32 Å². The van der Waals surface area contributed by atoms with E-state index in [1.54, 1.807) is 6.08 Å². The molecule has 1 atom stereocenters. The zero-order chi connectivity index (χ0) is 5.70. The molecule has 2 nitrogen and oxygen atoms in total. The summed E-state index contributed by atoms with van der Waals surface area (Å²) in [6.45, 7) is 4.19. The van der Waals surface area contributed by atoms with Crippen molar-refractivity contribution in [3.8, 4) is 0 Å². The van der Waals surface area contributed by atoms with E-state index < -0.39 is 0 Å². The van der Waals surface area contributed by atoms with E-state index in [4.69, 9.17) is 5.73 Å². The molecule has 1 unspecified atom stereocenters. The molecule has 0 fully saturated rings. The Kier molecular flexibility index (Phi) is 4.18. The third kappa shape index (κ3) is 6.01. The van der Waals surface area contributed by atoms with E-state index in [0.717, 1.165) is 0 Å². The van der Waals surface area contributed by atoms with E-state index in [2.05, 4.69) is 24.5 Å². The van der Waals surface area contributed by atoms with E-state index >= 15 is 0 Å². The molecule has 0 aliphatic carbocycles. The molecule has 0 aromatic rings. The zero-order valence-electron chi connectivity index (χ0n) is 4.09. The summed E-state index contributed by atoms with van der Waals surface area (Å²) in [6.07, 6.45) is 1.73. The van der Waals surface area contributed by atoms with Gasteiger partial charge in [0.1, 0.15) is 5.50 Å². The molecule has 0 saturated heterocycles. The summed E-state index contributed by atoms with van der Waals surface area (Å²) in [5.41, 5.74) is 4.96. The molecule has 3 N–H and O–H groups in total. The molecule has 0 aliphatic rings. The highest BCUT2D eigenvalue weighted by atomic mass is 32.1. The van der Waals surface area contributed by atoms with Gasteiger partial charge < -0.3 is 5.73 Å². The smallest absolute Gasteiger partial charge is 0.100 e. The van der Waals surface area contributed by atoms with Crippen molar-refractivity contribution in [3.05, 3.63) is 12.7 Å². The van der Waals surface area contributed by atoms with E-state index in [9.17, 15) is 0 Å². The standard InChI is InChI=1S/C4H10N2S/c1-2-3-6-4(5)7/h2,4,6-7H,1,3,5H2. The molecule has 0 saturated carbocycles. The van der Waals surface area contributed by atoms with Crippen LogP contribution in [0, 0.1) is 0 Å². The number of hydrogen-bond acceptors (Lipinski definition) is 3. The molecule has 0 aromatic heterocycles. The quantitative estimate of drug-likeness (QED) is 0.276. The molecule has 3 heteroatoms. The van der Waals surface area contributed by atoms with Crippen LogP contribution >= 0.6 is 12.6 Å². The van der Waals surface area contributed by atoms with Gasteiger partial charge in [0.25, 0.3) is 0 Å². The van der Waals surface area contributed by atoms with Gasteiger partial charge in [-0.05, 0) is 0 Å². The van der Waals surface area contributed by atoms with Crippen molar-refractivity contribution in [1.29, 1.82) is 0 Å². The number of hydrogen-bond donors (Lipinski definition) is 3. The second-order valence-electron chi connectivity index (χ2n) is 1.14. The fourth-order valence-corrected chi connectivity index (χ4v) is 0.309. The first-order chi connectivity index (χ1) is 3.27. The Balaban J connectivity index is 2.81. The van der Waals surface area contributed by atoms with Crippen LogP contribution in [-0.2, 0) is 0 Å². The second-order valence-corrected chi connectivity index (χ2v) is 1.70. The monoisotopic (exact) mass is 118 g/mol. The maximum absolute atomic E-state index is 5.18. The first-order valence-corrected chi connectivity index (χ1v) is 2.57. The molecule has 0 aromatic carbocycles. The van der Waals surface area contributed by atoms with Crippen molar-refractivity contribution < 1.29 is 0 Å². The molecular weight excluding hydrogens is 108 g/mol. The van der Waals surface area contributed by atoms with E-state index in [-0.39, 0.29) is 5.50 Å². The van der Waals surface area contributed by atoms with Gasteiger partial charge in [-0.3, -0.25) is 5.32 Å². The van der Waals surface area contributed by atoms with Gasteiger partial charge in [0.15, 0.2) is 0 Å². The Hall–Kier alpha value is 0.0100. The highest BCUT2D eigenvalue weighted by Crippen LogP contribution is 1.73. The highest BCUT2D eigenvalue weighted by molar-refractivity contribution is 7.80. The Morgan fingerprint density at radius 1 is 2.00 bits per heavy atom. The lowest BCUT2D eigenvalue weighted by Gasteiger charge is -2.01. The van der Waals surface area contributed by atoms with Crippen LogP contribution < -0.4 is 11.1 Å². The first-order valence-electron chi connectivity index (χ1n) is 2.05. The normalized spacial score (nSPS) is 13.4. The third-order valence-electron chi connectivity index (χ3n) is 0.471. The fourth-order valence-electron chi connectivity index (χ4n) is 0.204. The minimum atomic E-state index is -0.224. The lowest BCUT2D eigenvalue weighted by atomic mass is 10.6. The Labute approximate surface area is 49.2 Å². The average molecular weight is 118 g/mol. The van der Waals surface area contributed by atoms with Gasteiger partial charge in [-0.2, -0.15) is 0 Å². The van der Waals surface area contributed by atoms with Gasteiger partial charge in [0, 0.05) is 6.54 Å². The molecule has 0 rings (SSSR count). The topological polar surface area (TPSA) is 38.0 Å². The predicted molar refractivity (Wildman–Crippen MR) is 35.2 cm³/mol. The van der Waals surface area contributed by atoms with Gasteiger partial charge in [0.2, 0.25) is 0 Å². The van der Waals surface area contributed by atoms with Gasteiger partial charge in [0.05, 0.1) is 0 Å². The van der Waals surface area contributed by atoms with Gasteiger partial charge in [-0.25, -0.2) is 0 Å². The fraction of sp³-hybridized carbons (Fsp3) is 0.500. The zero-order valence-corrected chi connectivity index (χ0v) is 4.99. The summed E-state index contributed by atoms with van der Waals surface area (Å²) in [4.78, 5) is 0. The summed E-state index contributed by atoms with van der Waals surface area (Å²) in [5, 5.41) is 2.82. The number of thiol groups is 1. The maximum atomic E-state index is 5.18. The Bertz CT molecular complexity index is 53.7. The van der Waals surface area contributed by atoms with Crippen LogP contribution in [0.1, 0.15) is 0 Å². The van der Waals surface area contributed by atoms with Crippen LogP contribution in [0.15, 0.2) is 12.7 Å². The van der Waals surface area contributed by atoms with Gasteiger partial charge in [-0.15, -0.1) is 19.2 Å². The van der Waals surface area contributed by atoms with E-state index in [0.29, 0.717) is 6.54 Å². The van der Waals surface area contributed by atoms with Crippen molar-refractivity contribution >= 4 is 12.6 Å². The molecule has 0 bridgehead atoms. The van der Waals surface area contributed by atoms with E-state index in [1.807, 2.05) is 0 Å². The molecule has 7 heavy (non-hydrogen) atoms. The number of rotatable bonds is 3. The Morgan fingerprint density at radius 3 is 2.71 bits per heavy atom. The largest absolute Gasteiger partial charge is 0.308 e. The first kappa shape index (κ1) is 7.01. The molecule has 0 spiro atoms. The molecular formula is C4H10N2S. The summed E-state index contributed by atoms with van der Waals surface area (Å²) >= 11 is 3.85. The van der Waals surface area contributed by atoms with Crippen molar-refractivity contribution in [2.45, 2.75) is 5.50 Å². The highest BCUT2D eigenvalue weighted by Gasteiger charge is 1.84. The van der Waals surface area contributed by atoms with Crippen LogP contribution in [0.4, 0.5) is 0 Å². The Morgan fingerprint density at radius 2 is 2.57 bits per heavy atom. The minimum Gasteiger partial charge on any atom is -0.308 e. The van der Waals surface area contributed by atoms with Crippen LogP contribution in [0.5, 0.6) is 0 Å². The third-order valence-corrected chi connectivity index (χ3v) is 0.654. The summed E-state index contributed by atoms with van der Waals surface area (Å²) in [6, 6.07) is 0.